The third-order valence-electron chi connectivity index (χ3n) is 3.17. The van der Waals surface area contributed by atoms with E-state index >= 15 is 0 Å². The zero-order valence-corrected chi connectivity index (χ0v) is 11.1. The Morgan fingerprint density at radius 1 is 1.44 bits per heavy atom. The van der Waals surface area contributed by atoms with Gasteiger partial charge in [0.1, 0.15) is 0 Å². The fraction of sp³-hybridized carbons (Fsp3) is 0.538. The van der Waals surface area contributed by atoms with Gasteiger partial charge in [0.25, 0.3) is 0 Å². The van der Waals surface area contributed by atoms with E-state index in [9.17, 15) is 0 Å². The Balaban J connectivity index is 1.83. The summed E-state index contributed by atoms with van der Waals surface area (Å²) in [7, 11) is 1.73. The van der Waals surface area contributed by atoms with Crippen LogP contribution in [0.15, 0.2) is 18.2 Å². The third kappa shape index (κ3) is 3.33. The van der Waals surface area contributed by atoms with Gasteiger partial charge in [-0.25, -0.2) is 0 Å². The van der Waals surface area contributed by atoms with E-state index < -0.39 is 0 Å². The fourth-order valence-corrected chi connectivity index (χ4v) is 2.08. The number of aliphatic hydroxyl groups excluding tert-OH is 1. The number of likely N-dealkylation sites (N-methyl/N-ethyl adjacent to an activating group) is 1. The average Bonchev–Trinajstić information content (AvgIpc) is 2.72. The van der Waals surface area contributed by atoms with E-state index in [-0.39, 0.29) is 13.7 Å². The lowest BCUT2D eigenvalue weighted by molar-refractivity contribution is 0.167. The summed E-state index contributed by atoms with van der Waals surface area (Å²) in [5.74, 6) is 0. The van der Waals surface area contributed by atoms with Crippen LogP contribution in [0.25, 0.3) is 0 Å². The van der Waals surface area contributed by atoms with Crippen LogP contribution in [0.5, 0.6) is 0 Å². The lowest BCUT2D eigenvalue weighted by Gasteiger charge is -2.16. The predicted octanol–water partition coefficient (Wildman–Crippen LogP) is 0.161. The molecular weight excluding hydrogens is 229 g/mol. The third-order valence-corrected chi connectivity index (χ3v) is 3.17. The van der Waals surface area contributed by atoms with Gasteiger partial charge < -0.3 is 19.3 Å². The Morgan fingerprint density at radius 3 is 3.06 bits per heavy atom. The van der Waals surface area contributed by atoms with Crippen LogP contribution in [0, 0.1) is 6.92 Å². The number of hydrogen-bond acceptors (Lipinski definition) is 4. The van der Waals surface area contributed by atoms with Crippen LogP contribution in [0.3, 0.4) is 0 Å². The highest BCUT2D eigenvalue weighted by Gasteiger charge is 2.30. The van der Waals surface area contributed by atoms with Gasteiger partial charge in [0, 0.05) is 19.7 Å². The molecule has 0 atom stereocenters. The molecule has 0 spiro atoms. The monoisotopic (exact) mass is 249 g/mol. The zero-order chi connectivity index (χ0) is 13.0. The van der Waals surface area contributed by atoms with Crippen molar-refractivity contribution in [3.8, 4) is 0 Å². The molecule has 0 amide bonds. The standard InChI is InChI=1S/C13H20BNO3/c1-11-3-4-13-12(9-11)10-18-14(13)17-8-6-15(2)5-7-16/h3-4,9,16H,5-8,10H2,1-2H3. The fourth-order valence-electron chi connectivity index (χ4n) is 2.08. The molecular formula is C13H20BNO3. The number of aryl methyl sites for hydroxylation is 1. The summed E-state index contributed by atoms with van der Waals surface area (Å²) in [5, 5.41) is 8.80. The molecule has 18 heavy (non-hydrogen) atoms. The lowest BCUT2D eigenvalue weighted by atomic mass is 9.78. The molecule has 0 saturated heterocycles. The van der Waals surface area contributed by atoms with Crippen molar-refractivity contribution in [3.63, 3.8) is 0 Å². The maximum Gasteiger partial charge on any atom is 0.494 e. The van der Waals surface area contributed by atoms with E-state index in [1.54, 1.807) is 0 Å². The summed E-state index contributed by atoms with van der Waals surface area (Å²) < 4.78 is 11.4. The summed E-state index contributed by atoms with van der Waals surface area (Å²) >= 11 is 0. The number of rotatable bonds is 6. The molecule has 0 saturated carbocycles. The summed E-state index contributed by atoms with van der Waals surface area (Å²) in [5.41, 5.74) is 3.62. The Hall–Kier alpha value is -0.875. The van der Waals surface area contributed by atoms with Crippen molar-refractivity contribution in [2.45, 2.75) is 13.5 Å². The highest BCUT2D eigenvalue weighted by Crippen LogP contribution is 2.13. The second-order valence-electron chi connectivity index (χ2n) is 4.74. The molecule has 0 fully saturated rings. The van der Waals surface area contributed by atoms with Gasteiger partial charge >= 0.3 is 7.12 Å². The van der Waals surface area contributed by atoms with Crippen LogP contribution < -0.4 is 5.46 Å². The molecule has 0 radical (unpaired) electrons. The molecule has 1 aliphatic rings. The normalized spacial score (nSPS) is 14.3. The Kier molecular flexibility index (Phi) is 4.77. The molecule has 0 bridgehead atoms. The van der Waals surface area contributed by atoms with Crippen LogP contribution in [-0.4, -0.2) is 50.5 Å². The van der Waals surface area contributed by atoms with Gasteiger partial charge in [-0.3, -0.25) is 0 Å². The van der Waals surface area contributed by atoms with Gasteiger partial charge in [0.2, 0.25) is 0 Å². The van der Waals surface area contributed by atoms with E-state index in [4.69, 9.17) is 14.4 Å². The molecule has 1 heterocycles. The highest BCUT2D eigenvalue weighted by molar-refractivity contribution is 6.62. The largest absolute Gasteiger partial charge is 0.494 e. The first-order valence-corrected chi connectivity index (χ1v) is 6.32. The first kappa shape index (κ1) is 13.6. The number of fused-ring (bicyclic) bond motifs is 1. The van der Waals surface area contributed by atoms with Crippen LogP contribution >= 0.6 is 0 Å². The molecule has 1 aromatic rings. The number of nitrogens with zero attached hydrogens (tertiary/aromatic N) is 1. The molecule has 5 heteroatoms. The molecule has 4 nitrogen and oxygen atoms in total. The van der Waals surface area contributed by atoms with Crippen molar-refractivity contribution >= 4 is 12.6 Å². The van der Waals surface area contributed by atoms with Crippen molar-refractivity contribution in [1.82, 2.24) is 4.90 Å². The minimum absolute atomic E-state index is 0.179. The Bertz CT molecular complexity index is 400. The summed E-state index contributed by atoms with van der Waals surface area (Å²) in [6, 6.07) is 6.32. The molecule has 98 valence electrons. The van der Waals surface area contributed by atoms with Crippen molar-refractivity contribution in [2.75, 3.05) is 33.4 Å². The minimum Gasteiger partial charge on any atom is -0.406 e. The topological polar surface area (TPSA) is 41.9 Å². The second kappa shape index (κ2) is 6.34. The van der Waals surface area contributed by atoms with Crippen molar-refractivity contribution < 1.29 is 14.4 Å². The van der Waals surface area contributed by atoms with E-state index in [0.717, 1.165) is 12.0 Å². The van der Waals surface area contributed by atoms with E-state index in [2.05, 4.69) is 25.1 Å². The Labute approximate surface area is 109 Å². The van der Waals surface area contributed by atoms with Crippen molar-refractivity contribution in [1.29, 1.82) is 0 Å². The smallest absolute Gasteiger partial charge is 0.406 e. The van der Waals surface area contributed by atoms with Gasteiger partial charge in [0.05, 0.1) is 13.2 Å². The van der Waals surface area contributed by atoms with E-state index in [1.165, 1.54) is 11.1 Å². The second-order valence-corrected chi connectivity index (χ2v) is 4.74. The quantitative estimate of drug-likeness (QED) is 0.729. The average molecular weight is 249 g/mol. The van der Waals surface area contributed by atoms with Crippen LogP contribution in [-0.2, 0) is 15.9 Å². The van der Waals surface area contributed by atoms with Crippen LogP contribution in [0.1, 0.15) is 11.1 Å². The maximum absolute atomic E-state index is 8.80. The first-order chi connectivity index (χ1) is 8.70. The molecule has 1 aliphatic heterocycles. The lowest BCUT2D eigenvalue weighted by Crippen LogP contribution is -2.35. The summed E-state index contributed by atoms with van der Waals surface area (Å²) in [6.07, 6.45) is 0. The maximum atomic E-state index is 8.80. The van der Waals surface area contributed by atoms with Gasteiger partial charge in [-0.15, -0.1) is 0 Å². The minimum atomic E-state index is -0.233. The molecule has 0 aliphatic carbocycles. The molecule has 0 unspecified atom stereocenters. The number of benzene rings is 1. The summed E-state index contributed by atoms with van der Waals surface area (Å²) in [4.78, 5) is 2.03. The number of hydrogen-bond donors (Lipinski definition) is 1. The van der Waals surface area contributed by atoms with Crippen LogP contribution in [0.2, 0.25) is 0 Å². The molecule has 2 rings (SSSR count). The zero-order valence-electron chi connectivity index (χ0n) is 11.1. The highest BCUT2D eigenvalue weighted by atomic mass is 16.6. The Morgan fingerprint density at radius 2 is 2.28 bits per heavy atom. The van der Waals surface area contributed by atoms with Gasteiger partial charge in [0.15, 0.2) is 0 Å². The van der Waals surface area contributed by atoms with Gasteiger partial charge in [-0.1, -0.05) is 23.8 Å². The van der Waals surface area contributed by atoms with Crippen molar-refractivity contribution in [2.24, 2.45) is 0 Å². The molecule has 1 N–H and O–H groups in total. The summed E-state index contributed by atoms with van der Waals surface area (Å²) in [6.45, 7) is 4.96. The molecule has 0 aromatic heterocycles. The van der Waals surface area contributed by atoms with Crippen molar-refractivity contribution in [3.05, 3.63) is 29.3 Å². The number of aliphatic hydroxyl groups is 1. The SMILES string of the molecule is Cc1ccc2c(c1)COB2OCCN(C)CCO. The van der Waals surface area contributed by atoms with Gasteiger partial charge in [-0.2, -0.15) is 0 Å². The van der Waals surface area contributed by atoms with E-state index in [1.807, 2.05) is 11.9 Å². The first-order valence-electron chi connectivity index (χ1n) is 6.32. The van der Waals surface area contributed by atoms with Crippen LogP contribution in [0.4, 0.5) is 0 Å². The molecule has 1 aromatic carbocycles. The van der Waals surface area contributed by atoms with Gasteiger partial charge in [-0.05, 0) is 25.0 Å². The predicted molar refractivity (Wildman–Crippen MR) is 71.9 cm³/mol. The van der Waals surface area contributed by atoms with E-state index in [0.29, 0.717) is 19.8 Å².